The second-order valence-electron chi connectivity index (χ2n) is 3.29. The third kappa shape index (κ3) is 2.98. The number of ether oxygens (including phenoxy) is 1. The van der Waals surface area contributed by atoms with Gasteiger partial charge < -0.3 is 10.1 Å². The molecule has 2 rings (SSSR count). The fourth-order valence-electron chi connectivity index (χ4n) is 1.54. The van der Waals surface area contributed by atoms with Gasteiger partial charge in [0.1, 0.15) is 5.82 Å². The molecule has 1 fully saturated rings. The van der Waals surface area contributed by atoms with Crippen LogP contribution in [0.15, 0.2) is 18.2 Å². The lowest BCUT2D eigenvalue weighted by atomic mass is 10.0. The predicted octanol–water partition coefficient (Wildman–Crippen LogP) is 3.02. The van der Waals surface area contributed by atoms with Gasteiger partial charge in [0.2, 0.25) is 0 Å². The van der Waals surface area contributed by atoms with Crippen LogP contribution in [0.4, 0.5) is 9.18 Å². The number of amides is 1. The second-order valence-corrected chi connectivity index (χ2v) is 4.53. The Kier molecular flexibility index (Phi) is 4.79. The maximum atomic E-state index is 13.5. The molecule has 0 bridgehead atoms. The van der Waals surface area contributed by atoms with Gasteiger partial charge in [0.15, 0.2) is 0 Å². The van der Waals surface area contributed by atoms with Crippen molar-refractivity contribution in [3.63, 3.8) is 0 Å². The van der Waals surface area contributed by atoms with Crippen LogP contribution < -0.4 is 5.32 Å². The Bertz CT molecular complexity index is 402. The van der Waals surface area contributed by atoms with Crippen LogP contribution in [0.25, 0.3) is 0 Å². The summed E-state index contributed by atoms with van der Waals surface area (Å²) < 4.78 is 19.2. The van der Waals surface area contributed by atoms with Crippen molar-refractivity contribution in [2.24, 2.45) is 0 Å². The Morgan fingerprint density at radius 3 is 2.94 bits per heavy atom. The molecule has 1 N–H and O–H groups in total. The molecular formula is C10H10ClFINO2. The molecule has 1 saturated heterocycles. The Balaban J connectivity index is 0.00000128. The van der Waals surface area contributed by atoms with Crippen molar-refractivity contribution >= 4 is 41.1 Å². The molecule has 1 aromatic carbocycles. The Morgan fingerprint density at radius 2 is 2.25 bits per heavy atom. The zero-order chi connectivity index (χ0) is 10.8. The van der Waals surface area contributed by atoms with E-state index >= 15 is 0 Å². The monoisotopic (exact) mass is 357 g/mol. The number of hydrogen-bond acceptors (Lipinski definition) is 2. The van der Waals surface area contributed by atoms with Crippen LogP contribution in [0.3, 0.4) is 0 Å². The highest BCUT2D eigenvalue weighted by Crippen LogP contribution is 2.24. The first-order chi connectivity index (χ1) is 7.16. The second kappa shape index (κ2) is 5.67. The third-order valence-electron chi connectivity index (χ3n) is 2.27. The minimum absolute atomic E-state index is 0. The van der Waals surface area contributed by atoms with Crippen molar-refractivity contribution in [3.8, 4) is 0 Å². The van der Waals surface area contributed by atoms with Gasteiger partial charge >= 0.3 is 6.09 Å². The highest BCUT2D eigenvalue weighted by atomic mass is 127. The molecule has 0 aromatic heterocycles. The molecule has 0 radical (unpaired) electrons. The van der Waals surface area contributed by atoms with Crippen LogP contribution in [-0.2, 0) is 4.74 Å². The summed E-state index contributed by atoms with van der Waals surface area (Å²) >= 11 is 2.11. The molecule has 1 amide bonds. The van der Waals surface area contributed by atoms with Gasteiger partial charge in [-0.15, -0.1) is 12.4 Å². The maximum Gasteiger partial charge on any atom is 0.407 e. The van der Waals surface area contributed by atoms with Crippen molar-refractivity contribution in [2.75, 3.05) is 6.61 Å². The molecular weight excluding hydrogens is 347 g/mol. The van der Waals surface area contributed by atoms with E-state index < -0.39 is 6.09 Å². The minimum Gasteiger partial charge on any atom is -0.449 e. The summed E-state index contributed by atoms with van der Waals surface area (Å²) in [5.41, 5.74) is 0.526. The molecule has 3 nitrogen and oxygen atoms in total. The minimum atomic E-state index is -0.482. The molecule has 88 valence electrons. The summed E-state index contributed by atoms with van der Waals surface area (Å²) in [6, 6.07) is 4.58. The van der Waals surface area contributed by atoms with Crippen molar-refractivity contribution in [2.45, 2.75) is 12.5 Å². The maximum absolute atomic E-state index is 13.5. The van der Waals surface area contributed by atoms with Crippen LogP contribution in [0.5, 0.6) is 0 Å². The lowest BCUT2D eigenvalue weighted by molar-refractivity contribution is 0.115. The van der Waals surface area contributed by atoms with Gasteiger partial charge in [0.25, 0.3) is 0 Å². The average molecular weight is 358 g/mol. The van der Waals surface area contributed by atoms with Crippen molar-refractivity contribution < 1.29 is 13.9 Å². The molecule has 0 unspecified atom stereocenters. The Hall–Kier alpha value is -0.560. The number of carbonyl (C=O) groups is 1. The Morgan fingerprint density at radius 1 is 1.50 bits per heavy atom. The van der Waals surface area contributed by atoms with Gasteiger partial charge in [-0.3, -0.25) is 0 Å². The van der Waals surface area contributed by atoms with E-state index in [0.717, 1.165) is 3.57 Å². The number of cyclic esters (lactones) is 1. The predicted molar refractivity (Wildman–Crippen MR) is 68.2 cm³/mol. The fraction of sp³-hybridized carbons (Fsp3) is 0.300. The topological polar surface area (TPSA) is 38.3 Å². The van der Waals surface area contributed by atoms with E-state index in [0.29, 0.717) is 18.6 Å². The van der Waals surface area contributed by atoms with E-state index in [9.17, 15) is 9.18 Å². The molecule has 1 aliphatic heterocycles. The van der Waals surface area contributed by atoms with Gasteiger partial charge in [0, 0.05) is 15.6 Å². The van der Waals surface area contributed by atoms with E-state index in [-0.39, 0.29) is 24.3 Å². The Labute approximate surface area is 112 Å². The zero-order valence-corrected chi connectivity index (χ0v) is 11.2. The number of benzene rings is 1. The zero-order valence-electron chi connectivity index (χ0n) is 8.20. The summed E-state index contributed by atoms with van der Waals surface area (Å²) in [5.74, 6) is -0.289. The quantitative estimate of drug-likeness (QED) is 0.785. The molecule has 0 spiro atoms. The SMILES string of the molecule is Cl.O=C1N[C@@H](c2cc(I)ccc2F)CCO1. The van der Waals surface area contributed by atoms with E-state index in [1.54, 1.807) is 12.1 Å². The van der Waals surface area contributed by atoms with E-state index in [1.165, 1.54) is 6.07 Å². The summed E-state index contributed by atoms with van der Waals surface area (Å²) in [7, 11) is 0. The van der Waals surface area contributed by atoms with E-state index in [1.807, 2.05) is 0 Å². The van der Waals surface area contributed by atoms with Crippen LogP contribution in [0.2, 0.25) is 0 Å². The summed E-state index contributed by atoms with van der Waals surface area (Å²) in [4.78, 5) is 11.0. The number of nitrogens with one attached hydrogen (secondary N) is 1. The van der Waals surface area contributed by atoms with Crippen LogP contribution in [-0.4, -0.2) is 12.7 Å². The van der Waals surface area contributed by atoms with Gasteiger partial charge in [0.05, 0.1) is 12.6 Å². The normalized spacial score (nSPS) is 19.4. The first kappa shape index (κ1) is 13.5. The van der Waals surface area contributed by atoms with Gasteiger partial charge in [-0.05, 0) is 40.8 Å². The van der Waals surface area contributed by atoms with Crippen molar-refractivity contribution in [3.05, 3.63) is 33.1 Å². The first-order valence-corrected chi connectivity index (χ1v) is 5.63. The number of carbonyl (C=O) groups excluding carboxylic acids is 1. The highest BCUT2D eigenvalue weighted by Gasteiger charge is 2.23. The molecule has 6 heteroatoms. The smallest absolute Gasteiger partial charge is 0.407 e. The summed E-state index contributed by atoms with van der Waals surface area (Å²) in [6.45, 7) is 0.335. The number of rotatable bonds is 1. The largest absolute Gasteiger partial charge is 0.449 e. The summed E-state index contributed by atoms with van der Waals surface area (Å²) in [5, 5.41) is 2.60. The van der Waals surface area contributed by atoms with Crippen molar-refractivity contribution in [1.82, 2.24) is 5.32 Å². The number of halogens is 3. The standard InChI is InChI=1S/C10H9FINO2.ClH/c11-8-2-1-6(12)5-7(8)9-3-4-15-10(14)13-9;/h1-2,5,9H,3-4H2,(H,13,14);1H/t9-;/m1./s1. The lowest BCUT2D eigenvalue weighted by Crippen LogP contribution is -2.35. The van der Waals surface area contributed by atoms with Crippen molar-refractivity contribution in [1.29, 1.82) is 0 Å². The van der Waals surface area contributed by atoms with Gasteiger partial charge in [-0.1, -0.05) is 0 Å². The molecule has 0 aliphatic carbocycles. The average Bonchev–Trinajstić information content (AvgIpc) is 2.22. The highest BCUT2D eigenvalue weighted by molar-refractivity contribution is 14.1. The number of hydrogen-bond donors (Lipinski definition) is 1. The molecule has 1 heterocycles. The van der Waals surface area contributed by atoms with Crippen LogP contribution in [0, 0.1) is 9.39 Å². The summed E-state index contributed by atoms with van der Waals surface area (Å²) in [6.07, 6.45) is 0.118. The van der Waals surface area contributed by atoms with E-state index in [4.69, 9.17) is 4.74 Å². The van der Waals surface area contributed by atoms with Gasteiger partial charge in [-0.25, -0.2) is 9.18 Å². The van der Waals surface area contributed by atoms with Crippen LogP contribution >= 0.6 is 35.0 Å². The third-order valence-corrected chi connectivity index (χ3v) is 2.94. The molecule has 16 heavy (non-hydrogen) atoms. The first-order valence-electron chi connectivity index (χ1n) is 4.55. The lowest BCUT2D eigenvalue weighted by Gasteiger charge is -2.24. The molecule has 1 aliphatic rings. The fourth-order valence-corrected chi connectivity index (χ4v) is 2.06. The molecule has 1 aromatic rings. The van der Waals surface area contributed by atoms with E-state index in [2.05, 4.69) is 27.9 Å². The molecule has 0 saturated carbocycles. The molecule has 1 atom stereocenters. The number of alkyl carbamates (subject to hydrolysis) is 1. The van der Waals surface area contributed by atoms with Crippen LogP contribution in [0.1, 0.15) is 18.0 Å². The van der Waals surface area contributed by atoms with Gasteiger partial charge in [-0.2, -0.15) is 0 Å².